The van der Waals surface area contributed by atoms with Crippen molar-refractivity contribution in [3.05, 3.63) is 179 Å². The number of carbonyl (C=O) groups excluding carboxylic acids is 2. The standard InChI is InChI=1S/C54H54O8/c1-37-31-45(32-38(2)51(37)57-27-17-29-59-53(55)41(5)35-61-49-25-15-13-23-47(49)43-19-9-7-10-20-43)46-33-39(3)52(40(4)34-46)58-28-18-30-60-54(56)42(6)36-62-50-26-16-14-24-48(50)44-21-11-8-12-22-44/h7-16,19-26,31-36H,17-18,27-30H2,1-6H3. The minimum atomic E-state index is -0.436. The van der Waals surface area contributed by atoms with Gasteiger partial charge in [-0.25, -0.2) is 9.59 Å². The lowest BCUT2D eigenvalue weighted by atomic mass is 9.96. The van der Waals surface area contributed by atoms with Crippen LogP contribution < -0.4 is 18.9 Å². The van der Waals surface area contributed by atoms with Crippen LogP contribution in [0.3, 0.4) is 0 Å². The van der Waals surface area contributed by atoms with E-state index < -0.39 is 11.9 Å². The largest absolute Gasteiger partial charge is 0.493 e. The Morgan fingerprint density at radius 3 is 1.15 bits per heavy atom. The molecule has 0 heterocycles. The fourth-order valence-electron chi connectivity index (χ4n) is 6.96. The number of ether oxygens (including phenoxy) is 6. The van der Waals surface area contributed by atoms with E-state index in [0.717, 1.165) is 67.1 Å². The van der Waals surface area contributed by atoms with Crippen LogP contribution in [0.4, 0.5) is 0 Å². The average molecular weight is 831 g/mol. The molecule has 6 aromatic rings. The summed E-state index contributed by atoms with van der Waals surface area (Å²) in [6, 6.07) is 43.8. The Morgan fingerprint density at radius 1 is 0.435 bits per heavy atom. The molecule has 0 N–H and O–H groups in total. The lowest BCUT2D eigenvalue weighted by molar-refractivity contribution is -0.140. The van der Waals surface area contributed by atoms with Crippen LogP contribution in [0.5, 0.6) is 23.0 Å². The summed E-state index contributed by atoms with van der Waals surface area (Å²) in [4.78, 5) is 25.3. The Balaban J connectivity index is 0.929. The second-order valence-electron chi connectivity index (χ2n) is 15.1. The fraction of sp³-hybridized carbons (Fsp3) is 0.222. The molecule has 0 unspecified atom stereocenters. The summed E-state index contributed by atoms with van der Waals surface area (Å²) in [6.45, 7) is 12.7. The highest BCUT2D eigenvalue weighted by molar-refractivity contribution is 5.88. The lowest BCUT2D eigenvalue weighted by Gasteiger charge is -2.17. The van der Waals surface area contributed by atoms with Gasteiger partial charge in [0.05, 0.1) is 37.6 Å². The Hall–Kier alpha value is -7.06. The number of benzene rings is 6. The maximum Gasteiger partial charge on any atom is 0.336 e. The second kappa shape index (κ2) is 22.0. The predicted octanol–water partition coefficient (Wildman–Crippen LogP) is 12.5. The van der Waals surface area contributed by atoms with Crippen molar-refractivity contribution in [2.75, 3.05) is 26.4 Å². The molecule has 0 aromatic heterocycles. The molecule has 62 heavy (non-hydrogen) atoms. The maximum absolute atomic E-state index is 12.7. The molecule has 318 valence electrons. The third-order valence-electron chi connectivity index (χ3n) is 10.1. The van der Waals surface area contributed by atoms with Gasteiger partial charge in [0, 0.05) is 24.0 Å². The molecule has 0 atom stereocenters. The Morgan fingerprint density at radius 2 is 0.774 bits per heavy atom. The van der Waals surface area contributed by atoms with Gasteiger partial charge < -0.3 is 28.4 Å². The quantitative estimate of drug-likeness (QED) is 0.0345. The van der Waals surface area contributed by atoms with Crippen molar-refractivity contribution < 1.29 is 38.0 Å². The SMILES string of the molecule is CC(=COc1ccccc1-c1ccccc1)C(=O)OCCCOc1c(C)cc(-c2cc(C)c(OCCCOC(=O)C(C)=COc3ccccc3-c3ccccc3)c(C)c2)cc1C. The van der Waals surface area contributed by atoms with E-state index in [0.29, 0.717) is 48.7 Å². The van der Waals surface area contributed by atoms with Crippen LogP contribution in [0.1, 0.15) is 48.9 Å². The molecule has 0 saturated heterocycles. The molecule has 0 amide bonds. The third-order valence-corrected chi connectivity index (χ3v) is 10.1. The summed E-state index contributed by atoms with van der Waals surface area (Å²) in [5.41, 5.74) is 10.9. The van der Waals surface area contributed by atoms with E-state index in [1.165, 1.54) is 12.5 Å². The van der Waals surface area contributed by atoms with Gasteiger partial charge in [-0.3, -0.25) is 0 Å². The average Bonchev–Trinajstić information content (AvgIpc) is 3.29. The minimum absolute atomic E-state index is 0.219. The van der Waals surface area contributed by atoms with Crippen LogP contribution in [-0.2, 0) is 19.1 Å². The second-order valence-corrected chi connectivity index (χ2v) is 15.1. The lowest BCUT2D eigenvalue weighted by Crippen LogP contribution is -2.11. The highest BCUT2D eigenvalue weighted by Crippen LogP contribution is 2.35. The van der Waals surface area contributed by atoms with Gasteiger partial charge in [-0.15, -0.1) is 0 Å². The first-order valence-electron chi connectivity index (χ1n) is 20.9. The van der Waals surface area contributed by atoms with Crippen molar-refractivity contribution in [2.45, 2.75) is 54.4 Å². The van der Waals surface area contributed by atoms with E-state index in [4.69, 9.17) is 28.4 Å². The zero-order valence-electron chi connectivity index (χ0n) is 36.4. The number of hydrogen-bond donors (Lipinski definition) is 0. The molecular weight excluding hydrogens is 777 g/mol. The minimum Gasteiger partial charge on any atom is -0.493 e. The van der Waals surface area contributed by atoms with Gasteiger partial charge in [-0.2, -0.15) is 0 Å². The monoisotopic (exact) mass is 830 g/mol. The van der Waals surface area contributed by atoms with E-state index in [2.05, 4.69) is 24.3 Å². The van der Waals surface area contributed by atoms with Gasteiger partial charge in [0.15, 0.2) is 0 Å². The number of esters is 2. The van der Waals surface area contributed by atoms with E-state index in [1.807, 2.05) is 137 Å². The van der Waals surface area contributed by atoms with E-state index >= 15 is 0 Å². The molecular formula is C54H54O8. The summed E-state index contributed by atoms with van der Waals surface area (Å²) in [5, 5.41) is 0. The highest BCUT2D eigenvalue weighted by atomic mass is 16.5. The van der Waals surface area contributed by atoms with E-state index in [9.17, 15) is 9.59 Å². The van der Waals surface area contributed by atoms with Crippen LogP contribution in [0.2, 0.25) is 0 Å². The Bertz CT molecular complexity index is 2300. The maximum atomic E-state index is 12.7. The summed E-state index contributed by atoms with van der Waals surface area (Å²) in [7, 11) is 0. The van der Waals surface area contributed by atoms with E-state index in [1.54, 1.807) is 13.8 Å². The Kier molecular flexibility index (Phi) is 15.8. The molecule has 0 radical (unpaired) electrons. The topological polar surface area (TPSA) is 89.5 Å². The summed E-state index contributed by atoms with van der Waals surface area (Å²) in [5.74, 6) is 2.09. The molecule has 0 bridgehead atoms. The molecule has 8 nitrogen and oxygen atoms in total. The molecule has 0 aliphatic heterocycles. The third kappa shape index (κ3) is 12.0. The van der Waals surface area contributed by atoms with Gasteiger partial charge in [-0.05, 0) is 122 Å². The van der Waals surface area contributed by atoms with Crippen molar-refractivity contribution >= 4 is 11.9 Å². The summed E-state index contributed by atoms with van der Waals surface area (Å²) < 4.78 is 35.2. The first kappa shape index (κ1) is 44.5. The van der Waals surface area contributed by atoms with Gasteiger partial charge in [0.1, 0.15) is 35.5 Å². The van der Waals surface area contributed by atoms with Gasteiger partial charge in [-0.1, -0.05) is 97.1 Å². The Labute approximate surface area is 365 Å². The summed E-state index contributed by atoms with van der Waals surface area (Å²) in [6.07, 6.45) is 3.95. The molecule has 6 aromatic carbocycles. The molecule has 0 aliphatic carbocycles. The van der Waals surface area contributed by atoms with Crippen molar-refractivity contribution in [1.82, 2.24) is 0 Å². The zero-order valence-corrected chi connectivity index (χ0v) is 36.4. The van der Waals surface area contributed by atoms with Crippen molar-refractivity contribution in [1.29, 1.82) is 0 Å². The van der Waals surface area contributed by atoms with Crippen LogP contribution in [0.25, 0.3) is 33.4 Å². The molecule has 8 heteroatoms. The number of para-hydroxylation sites is 2. The number of hydrogen-bond acceptors (Lipinski definition) is 8. The predicted molar refractivity (Wildman–Crippen MR) is 245 cm³/mol. The van der Waals surface area contributed by atoms with Crippen molar-refractivity contribution in [3.63, 3.8) is 0 Å². The smallest absolute Gasteiger partial charge is 0.336 e. The number of aryl methyl sites for hydroxylation is 4. The van der Waals surface area contributed by atoms with E-state index in [-0.39, 0.29) is 13.2 Å². The summed E-state index contributed by atoms with van der Waals surface area (Å²) >= 11 is 0. The van der Waals surface area contributed by atoms with Crippen molar-refractivity contribution in [3.8, 4) is 56.4 Å². The van der Waals surface area contributed by atoms with Gasteiger partial charge in [0.2, 0.25) is 0 Å². The molecule has 0 saturated carbocycles. The highest BCUT2D eigenvalue weighted by Gasteiger charge is 2.14. The van der Waals surface area contributed by atoms with Crippen LogP contribution in [0, 0.1) is 27.7 Å². The first-order chi connectivity index (χ1) is 30.1. The normalized spacial score (nSPS) is 11.5. The fourth-order valence-corrected chi connectivity index (χ4v) is 6.96. The number of carbonyl (C=O) groups is 2. The van der Waals surface area contributed by atoms with Gasteiger partial charge >= 0.3 is 11.9 Å². The molecule has 6 rings (SSSR count). The van der Waals surface area contributed by atoms with Crippen LogP contribution in [-0.4, -0.2) is 38.4 Å². The zero-order chi connectivity index (χ0) is 43.8. The van der Waals surface area contributed by atoms with Crippen molar-refractivity contribution in [2.24, 2.45) is 0 Å². The van der Waals surface area contributed by atoms with Gasteiger partial charge in [0.25, 0.3) is 0 Å². The van der Waals surface area contributed by atoms with Crippen LogP contribution in [0.15, 0.2) is 157 Å². The molecule has 0 aliphatic rings. The number of rotatable bonds is 19. The molecule has 0 spiro atoms. The van der Waals surface area contributed by atoms with Crippen LogP contribution >= 0.6 is 0 Å². The first-order valence-corrected chi connectivity index (χ1v) is 20.9. The molecule has 0 fully saturated rings.